The van der Waals surface area contributed by atoms with E-state index in [9.17, 15) is 4.79 Å². The molecule has 0 radical (unpaired) electrons. The standard InChI is InChI=1S/C19H17ClN6O3/c1-11-8-13(20)10-14(18-25-29-7-6-28-18)16(11)23-17(27)15-9-12(2)24-26(15)19-21-4-3-5-22-19/h3-5,8-10H,6-7H2,1-2H3,(H,23,27). The molecule has 2 aromatic heterocycles. The number of nitrogens with one attached hydrogen (secondary N) is 1. The first kappa shape index (κ1) is 18.9. The number of oxime groups is 1. The van der Waals surface area contributed by atoms with Crippen molar-refractivity contribution in [3.8, 4) is 5.95 Å². The summed E-state index contributed by atoms with van der Waals surface area (Å²) in [6.07, 6.45) is 3.17. The van der Waals surface area contributed by atoms with Crippen molar-refractivity contribution in [2.75, 3.05) is 18.5 Å². The molecule has 4 rings (SSSR count). The van der Waals surface area contributed by atoms with Gasteiger partial charge in [-0.15, -0.1) is 0 Å². The second-order valence-corrected chi connectivity index (χ2v) is 6.75. The minimum Gasteiger partial charge on any atom is -0.471 e. The van der Waals surface area contributed by atoms with Gasteiger partial charge in [0.15, 0.2) is 6.61 Å². The number of nitrogens with zero attached hydrogens (tertiary/aromatic N) is 5. The summed E-state index contributed by atoms with van der Waals surface area (Å²) in [5.41, 5.74) is 2.74. The largest absolute Gasteiger partial charge is 0.471 e. The molecule has 0 atom stereocenters. The van der Waals surface area contributed by atoms with Crippen LogP contribution in [0.5, 0.6) is 0 Å². The topological polar surface area (TPSA) is 104 Å². The minimum absolute atomic E-state index is 0.258. The Morgan fingerprint density at radius 3 is 2.69 bits per heavy atom. The molecule has 1 aliphatic rings. The fraction of sp³-hybridized carbons (Fsp3) is 0.211. The summed E-state index contributed by atoms with van der Waals surface area (Å²) in [5, 5.41) is 11.7. The van der Waals surface area contributed by atoms with Crippen LogP contribution in [0, 0.1) is 13.8 Å². The van der Waals surface area contributed by atoms with Crippen molar-refractivity contribution >= 4 is 29.1 Å². The Morgan fingerprint density at radius 1 is 1.17 bits per heavy atom. The van der Waals surface area contributed by atoms with Gasteiger partial charge in [0, 0.05) is 17.4 Å². The van der Waals surface area contributed by atoms with Gasteiger partial charge in [-0.05, 0) is 48.8 Å². The number of ether oxygens (including phenoxy) is 1. The van der Waals surface area contributed by atoms with Crippen LogP contribution in [0.25, 0.3) is 5.95 Å². The van der Waals surface area contributed by atoms with Gasteiger partial charge < -0.3 is 14.9 Å². The smallest absolute Gasteiger partial charge is 0.274 e. The Kier molecular flexibility index (Phi) is 5.13. The SMILES string of the molecule is Cc1cc(C(=O)Nc2c(C)cc(Cl)cc2C2=NOCCO2)n(-c2ncccn2)n1. The highest BCUT2D eigenvalue weighted by molar-refractivity contribution is 6.31. The van der Waals surface area contributed by atoms with E-state index in [-0.39, 0.29) is 17.5 Å². The van der Waals surface area contributed by atoms with Gasteiger partial charge in [-0.2, -0.15) is 9.78 Å². The Labute approximate surface area is 171 Å². The molecular weight excluding hydrogens is 396 g/mol. The summed E-state index contributed by atoms with van der Waals surface area (Å²) >= 11 is 6.21. The highest BCUT2D eigenvalue weighted by atomic mass is 35.5. The van der Waals surface area contributed by atoms with Crippen molar-refractivity contribution < 1.29 is 14.4 Å². The van der Waals surface area contributed by atoms with E-state index in [0.29, 0.717) is 41.1 Å². The molecule has 10 heteroatoms. The van der Waals surface area contributed by atoms with Gasteiger partial charge in [0.05, 0.1) is 16.9 Å². The maximum atomic E-state index is 13.1. The summed E-state index contributed by atoms with van der Waals surface area (Å²) in [4.78, 5) is 26.6. The summed E-state index contributed by atoms with van der Waals surface area (Å²) in [6.45, 7) is 4.34. The Bertz CT molecular complexity index is 1100. The van der Waals surface area contributed by atoms with Gasteiger partial charge in [0.2, 0.25) is 0 Å². The third-order valence-corrected chi connectivity index (χ3v) is 4.35. The molecule has 1 aromatic carbocycles. The van der Waals surface area contributed by atoms with Crippen LogP contribution in [0.15, 0.2) is 41.8 Å². The molecule has 0 fully saturated rings. The van der Waals surface area contributed by atoms with Crippen LogP contribution in [-0.4, -0.2) is 44.8 Å². The molecular formula is C19H17ClN6O3. The fourth-order valence-electron chi connectivity index (χ4n) is 2.90. The number of aromatic nitrogens is 4. The van der Waals surface area contributed by atoms with Gasteiger partial charge in [0.25, 0.3) is 17.8 Å². The lowest BCUT2D eigenvalue weighted by atomic mass is 10.1. The molecule has 0 saturated carbocycles. The van der Waals surface area contributed by atoms with Crippen molar-refractivity contribution in [2.45, 2.75) is 13.8 Å². The first-order valence-electron chi connectivity index (χ1n) is 8.81. The molecule has 1 aliphatic heterocycles. The Morgan fingerprint density at radius 2 is 1.97 bits per heavy atom. The van der Waals surface area contributed by atoms with Crippen molar-refractivity contribution in [1.29, 1.82) is 0 Å². The predicted octanol–water partition coefficient (Wildman–Crippen LogP) is 2.89. The van der Waals surface area contributed by atoms with Crippen LogP contribution in [0.3, 0.4) is 0 Å². The quantitative estimate of drug-likeness (QED) is 0.706. The zero-order chi connectivity index (χ0) is 20.4. The number of carbonyl (C=O) groups is 1. The van der Waals surface area contributed by atoms with E-state index >= 15 is 0 Å². The first-order valence-corrected chi connectivity index (χ1v) is 9.19. The van der Waals surface area contributed by atoms with E-state index in [1.807, 2.05) is 6.92 Å². The Balaban J connectivity index is 1.73. The van der Waals surface area contributed by atoms with Crippen molar-refractivity contribution in [2.24, 2.45) is 5.16 Å². The van der Waals surface area contributed by atoms with E-state index in [1.54, 1.807) is 43.6 Å². The maximum absolute atomic E-state index is 13.1. The van der Waals surface area contributed by atoms with Crippen LogP contribution >= 0.6 is 11.6 Å². The number of aryl methyl sites for hydroxylation is 2. The Hall–Kier alpha value is -3.46. The number of rotatable bonds is 4. The molecule has 0 unspecified atom stereocenters. The van der Waals surface area contributed by atoms with Gasteiger partial charge >= 0.3 is 0 Å². The number of anilines is 1. The molecule has 0 spiro atoms. The van der Waals surface area contributed by atoms with Crippen molar-refractivity contribution in [1.82, 2.24) is 19.7 Å². The highest BCUT2D eigenvalue weighted by Crippen LogP contribution is 2.28. The normalized spacial score (nSPS) is 13.3. The number of hydrogen-bond donors (Lipinski definition) is 1. The molecule has 0 bridgehead atoms. The molecule has 0 aliphatic carbocycles. The van der Waals surface area contributed by atoms with E-state index in [2.05, 4.69) is 25.5 Å². The molecule has 1 N–H and O–H groups in total. The van der Waals surface area contributed by atoms with Gasteiger partial charge in [-0.1, -0.05) is 11.6 Å². The van der Waals surface area contributed by atoms with Gasteiger partial charge in [-0.25, -0.2) is 9.97 Å². The van der Waals surface area contributed by atoms with E-state index < -0.39 is 0 Å². The fourth-order valence-corrected chi connectivity index (χ4v) is 3.18. The van der Waals surface area contributed by atoms with Crippen molar-refractivity contribution in [3.05, 3.63) is 64.2 Å². The zero-order valence-electron chi connectivity index (χ0n) is 15.7. The number of carbonyl (C=O) groups excluding carboxylic acids is 1. The third-order valence-electron chi connectivity index (χ3n) is 4.14. The molecule has 3 aromatic rings. The lowest BCUT2D eigenvalue weighted by molar-refractivity contribution is 0.0656. The average Bonchev–Trinajstić information content (AvgIpc) is 3.13. The van der Waals surface area contributed by atoms with Gasteiger partial charge in [-0.3, -0.25) is 4.79 Å². The van der Waals surface area contributed by atoms with Crippen LogP contribution in [0.4, 0.5) is 5.69 Å². The molecule has 9 nitrogen and oxygen atoms in total. The molecule has 29 heavy (non-hydrogen) atoms. The average molecular weight is 413 g/mol. The summed E-state index contributed by atoms with van der Waals surface area (Å²) in [6, 6.07) is 6.76. The number of hydrogen-bond acceptors (Lipinski definition) is 7. The predicted molar refractivity (Wildman–Crippen MR) is 106 cm³/mol. The van der Waals surface area contributed by atoms with E-state index in [4.69, 9.17) is 21.2 Å². The maximum Gasteiger partial charge on any atom is 0.274 e. The third kappa shape index (κ3) is 3.90. The van der Waals surface area contributed by atoms with Crippen LogP contribution < -0.4 is 5.32 Å². The summed E-state index contributed by atoms with van der Waals surface area (Å²) in [5.74, 6) is 0.169. The molecule has 3 heterocycles. The van der Waals surface area contributed by atoms with E-state index in [0.717, 1.165) is 5.56 Å². The van der Waals surface area contributed by atoms with Crippen LogP contribution in [0.1, 0.15) is 27.3 Å². The summed E-state index contributed by atoms with van der Waals surface area (Å²) < 4.78 is 6.97. The lowest BCUT2D eigenvalue weighted by Gasteiger charge is -2.18. The second kappa shape index (κ2) is 7.88. The van der Waals surface area contributed by atoms with Crippen LogP contribution in [-0.2, 0) is 9.57 Å². The van der Waals surface area contributed by atoms with Gasteiger partial charge in [0.1, 0.15) is 12.3 Å². The monoisotopic (exact) mass is 412 g/mol. The number of benzene rings is 1. The number of halogens is 1. The van der Waals surface area contributed by atoms with E-state index in [1.165, 1.54) is 4.68 Å². The molecule has 148 valence electrons. The number of amides is 1. The summed E-state index contributed by atoms with van der Waals surface area (Å²) in [7, 11) is 0. The molecule has 1 amide bonds. The second-order valence-electron chi connectivity index (χ2n) is 6.31. The first-order chi connectivity index (χ1) is 14.0. The van der Waals surface area contributed by atoms with Crippen molar-refractivity contribution in [3.63, 3.8) is 0 Å². The molecule has 0 saturated heterocycles. The lowest BCUT2D eigenvalue weighted by Crippen LogP contribution is -2.23. The zero-order valence-corrected chi connectivity index (χ0v) is 16.5. The van der Waals surface area contributed by atoms with Crippen LogP contribution in [0.2, 0.25) is 5.02 Å². The highest BCUT2D eigenvalue weighted by Gasteiger charge is 2.22. The minimum atomic E-state index is -0.387.